The van der Waals surface area contributed by atoms with E-state index in [2.05, 4.69) is 25.7 Å². The van der Waals surface area contributed by atoms with Crippen LogP contribution in [0, 0.1) is 0 Å². The summed E-state index contributed by atoms with van der Waals surface area (Å²) in [7, 11) is 3.66. The maximum absolute atomic E-state index is 5.46. The Bertz CT molecular complexity index is 1140. The minimum absolute atomic E-state index is 0.364. The molecule has 9 heteroatoms. The lowest BCUT2D eigenvalue weighted by Gasteiger charge is -2.28. The largest absolute Gasteiger partial charge is 0.381 e. The highest BCUT2D eigenvalue weighted by atomic mass is 16.5. The second-order valence-electron chi connectivity index (χ2n) is 7.37. The molecule has 0 aromatic carbocycles. The number of anilines is 2. The molecule has 0 radical (unpaired) electrons. The van der Waals surface area contributed by atoms with Crippen LogP contribution in [0.1, 0.15) is 25.7 Å². The van der Waals surface area contributed by atoms with Crippen LogP contribution in [0.15, 0.2) is 30.7 Å². The van der Waals surface area contributed by atoms with Gasteiger partial charge in [0, 0.05) is 44.4 Å². The molecule has 1 saturated carbocycles. The number of ether oxygens (including phenoxy) is 1. The molecule has 0 aliphatic heterocycles. The van der Waals surface area contributed by atoms with E-state index in [4.69, 9.17) is 14.7 Å². The van der Waals surface area contributed by atoms with Crippen molar-refractivity contribution in [1.82, 2.24) is 29.5 Å². The SMILES string of the molecule is CNc1nc(NC2CCC(OC)CC2)nc2[nH]cc(-c3ccc4nccn4n3)c12. The smallest absolute Gasteiger partial charge is 0.226 e. The van der Waals surface area contributed by atoms with Gasteiger partial charge in [0.1, 0.15) is 11.5 Å². The first-order valence-electron chi connectivity index (χ1n) is 9.92. The molecule has 1 aliphatic carbocycles. The molecule has 4 heterocycles. The molecule has 3 N–H and O–H groups in total. The van der Waals surface area contributed by atoms with Crippen molar-refractivity contribution in [2.75, 3.05) is 24.8 Å². The molecule has 29 heavy (non-hydrogen) atoms. The topological polar surface area (TPSA) is 105 Å². The molecule has 5 rings (SSSR count). The second kappa shape index (κ2) is 7.32. The summed E-state index contributed by atoms with van der Waals surface area (Å²) in [6.45, 7) is 0. The van der Waals surface area contributed by atoms with Gasteiger partial charge in [0.05, 0.1) is 17.2 Å². The van der Waals surface area contributed by atoms with Crippen LogP contribution in [-0.4, -0.2) is 55.9 Å². The summed E-state index contributed by atoms with van der Waals surface area (Å²) in [6.07, 6.45) is 10.1. The Labute approximate surface area is 167 Å². The van der Waals surface area contributed by atoms with E-state index in [0.717, 1.165) is 59.4 Å². The van der Waals surface area contributed by atoms with Crippen molar-refractivity contribution in [3.05, 3.63) is 30.7 Å². The van der Waals surface area contributed by atoms with Gasteiger partial charge in [0.25, 0.3) is 0 Å². The highest BCUT2D eigenvalue weighted by Crippen LogP contribution is 2.32. The van der Waals surface area contributed by atoms with Crippen LogP contribution in [0.2, 0.25) is 0 Å². The lowest BCUT2D eigenvalue weighted by atomic mass is 9.93. The molecule has 9 nitrogen and oxygen atoms in total. The van der Waals surface area contributed by atoms with Crippen LogP contribution < -0.4 is 10.6 Å². The first-order valence-corrected chi connectivity index (χ1v) is 9.92. The molecule has 1 fully saturated rings. The minimum atomic E-state index is 0.364. The zero-order valence-corrected chi connectivity index (χ0v) is 16.5. The molecule has 0 unspecified atom stereocenters. The van der Waals surface area contributed by atoms with Gasteiger partial charge >= 0.3 is 0 Å². The van der Waals surface area contributed by atoms with Crippen molar-refractivity contribution < 1.29 is 4.74 Å². The first-order chi connectivity index (χ1) is 14.2. The summed E-state index contributed by atoms with van der Waals surface area (Å²) in [5.74, 6) is 1.40. The summed E-state index contributed by atoms with van der Waals surface area (Å²) in [6, 6.07) is 4.28. The van der Waals surface area contributed by atoms with Crippen molar-refractivity contribution in [1.29, 1.82) is 0 Å². The van der Waals surface area contributed by atoms with Crippen LogP contribution in [0.3, 0.4) is 0 Å². The maximum Gasteiger partial charge on any atom is 0.226 e. The summed E-state index contributed by atoms with van der Waals surface area (Å²) < 4.78 is 7.23. The number of nitrogens with one attached hydrogen (secondary N) is 3. The lowest BCUT2D eigenvalue weighted by molar-refractivity contribution is 0.0681. The molecular weight excluding hydrogens is 368 g/mol. The molecular formula is C20H24N8O. The standard InChI is InChI=1S/C20H24N8O/c1-21-18-17-14(15-7-8-16-22-9-10-28(16)27-15)11-23-19(17)26-20(25-18)24-12-3-5-13(29-2)6-4-12/h7-13H,3-6H2,1-2H3,(H3,21,23,24,25,26). The third-order valence-electron chi connectivity index (χ3n) is 5.64. The number of H-pyrrole nitrogens is 1. The van der Waals surface area contributed by atoms with Crippen molar-refractivity contribution in [2.24, 2.45) is 0 Å². The van der Waals surface area contributed by atoms with Gasteiger partial charge < -0.3 is 20.4 Å². The van der Waals surface area contributed by atoms with Gasteiger partial charge in [0.15, 0.2) is 5.65 Å². The van der Waals surface area contributed by atoms with Crippen molar-refractivity contribution in [2.45, 2.75) is 37.8 Å². The van der Waals surface area contributed by atoms with E-state index in [1.165, 1.54) is 0 Å². The lowest BCUT2D eigenvalue weighted by Crippen LogP contribution is -2.29. The molecule has 4 aromatic heterocycles. The van der Waals surface area contributed by atoms with Crippen LogP contribution in [0.4, 0.5) is 11.8 Å². The van der Waals surface area contributed by atoms with Gasteiger partial charge in [0.2, 0.25) is 5.95 Å². The maximum atomic E-state index is 5.46. The summed E-state index contributed by atoms with van der Waals surface area (Å²) in [4.78, 5) is 17.0. The first kappa shape index (κ1) is 17.9. The Hall–Kier alpha value is -3.20. The zero-order valence-electron chi connectivity index (χ0n) is 16.5. The van der Waals surface area contributed by atoms with Crippen LogP contribution in [-0.2, 0) is 4.74 Å². The second-order valence-corrected chi connectivity index (χ2v) is 7.37. The van der Waals surface area contributed by atoms with Crippen LogP contribution in [0.25, 0.3) is 27.9 Å². The van der Waals surface area contributed by atoms with Gasteiger partial charge in [-0.15, -0.1) is 0 Å². The van der Waals surface area contributed by atoms with Crippen LogP contribution in [0.5, 0.6) is 0 Å². The number of methoxy groups -OCH3 is 1. The van der Waals surface area contributed by atoms with E-state index in [1.54, 1.807) is 17.8 Å². The summed E-state index contributed by atoms with van der Waals surface area (Å²) >= 11 is 0. The molecule has 0 saturated heterocycles. The summed E-state index contributed by atoms with van der Waals surface area (Å²) in [5.41, 5.74) is 3.38. The van der Waals surface area contributed by atoms with E-state index in [9.17, 15) is 0 Å². The Kier molecular flexibility index (Phi) is 4.51. The average molecular weight is 392 g/mol. The Morgan fingerprint density at radius 1 is 1.17 bits per heavy atom. The number of hydrogen-bond acceptors (Lipinski definition) is 7. The molecule has 4 aromatic rings. The fourth-order valence-corrected chi connectivity index (χ4v) is 4.06. The van der Waals surface area contributed by atoms with Crippen molar-refractivity contribution >= 4 is 28.4 Å². The third kappa shape index (κ3) is 3.27. The normalized spacial score (nSPS) is 19.7. The van der Waals surface area contributed by atoms with E-state index in [1.807, 2.05) is 31.6 Å². The number of aromatic amines is 1. The minimum Gasteiger partial charge on any atom is -0.381 e. The predicted molar refractivity (Wildman–Crippen MR) is 112 cm³/mol. The third-order valence-corrected chi connectivity index (χ3v) is 5.64. The zero-order chi connectivity index (χ0) is 19.8. The number of nitrogens with zero attached hydrogens (tertiary/aromatic N) is 5. The monoisotopic (exact) mass is 392 g/mol. The van der Waals surface area contributed by atoms with Gasteiger partial charge in [-0.05, 0) is 37.8 Å². The van der Waals surface area contributed by atoms with E-state index in [0.29, 0.717) is 18.1 Å². The average Bonchev–Trinajstić information content (AvgIpc) is 3.40. The number of hydrogen-bond donors (Lipinski definition) is 3. The molecule has 150 valence electrons. The molecule has 0 spiro atoms. The quantitative estimate of drug-likeness (QED) is 0.479. The van der Waals surface area contributed by atoms with E-state index in [-0.39, 0.29) is 0 Å². The van der Waals surface area contributed by atoms with Crippen molar-refractivity contribution in [3.63, 3.8) is 0 Å². The number of aromatic nitrogens is 6. The predicted octanol–water partition coefficient (Wildman–Crippen LogP) is 3.08. The van der Waals surface area contributed by atoms with E-state index < -0.39 is 0 Å². The van der Waals surface area contributed by atoms with Gasteiger partial charge in [-0.2, -0.15) is 15.1 Å². The summed E-state index contributed by atoms with van der Waals surface area (Å²) in [5, 5.41) is 12.3. The number of imidazole rings is 1. The highest BCUT2D eigenvalue weighted by molar-refractivity contribution is 6.00. The number of fused-ring (bicyclic) bond motifs is 2. The Balaban J connectivity index is 1.47. The highest BCUT2D eigenvalue weighted by Gasteiger charge is 2.22. The molecule has 0 atom stereocenters. The van der Waals surface area contributed by atoms with Gasteiger partial charge in [-0.3, -0.25) is 0 Å². The molecule has 1 aliphatic rings. The fraction of sp³-hybridized carbons (Fsp3) is 0.400. The van der Waals surface area contributed by atoms with Gasteiger partial charge in [-0.1, -0.05) is 0 Å². The molecule has 0 bridgehead atoms. The van der Waals surface area contributed by atoms with Gasteiger partial charge in [-0.25, -0.2) is 9.50 Å². The van der Waals surface area contributed by atoms with Crippen LogP contribution >= 0.6 is 0 Å². The van der Waals surface area contributed by atoms with Crippen molar-refractivity contribution in [3.8, 4) is 11.3 Å². The number of rotatable bonds is 5. The fourth-order valence-electron chi connectivity index (χ4n) is 4.06. The Morgan fingerprint density at radius 3 is 2.83 bits per heavy atom. The molecule has 0 amide bonds. The van der Waals surface area contributed by atoms with E-state index >= 15 is 0 Å². The Morgan fingerprint density at radius 2 is 2.03 bits per heavy atom.